The van der Waals surface area contributed by atoms with E-state index in [1.807, 2.05) is 32.2 Å². The lowest BCUT2D eigenvalue weighted by Gasteiger charge is -2.22. The Morgan fingerprint density at radius 2 is 2.09 bits per heavy atom. The first-order valence-corrected chi connectivity index (χ1v) is 11.4. The summed E-state index contributed by atoms with van der Waals surface area (Å²) in [4.78, 5) is 22.5. The largest absolute Gasteiger partial charge is 0.489 e. The summed E-state index contributed by atoms with van der Waals surface area (Å²) in [5.74, 6) is 1.82. The van der Waals surface area contributed by atoms with Crippen LogP contribution in [-0.4, -0.2) is 32.3 Å². The van der Waals surface area contributed by atoms with E-state index in [4.69, 9.17) is 9.15 Å². The average Bonchev–Trinajstić information content (AvgIpc) is 3.47. The van der Waals surface area contributed by atoms with Gasteiger partial charge >= 0.3 is 0 Å². The lowest BCUT2D eigenvalue weighted by Crippen LogP contribution is -2.18. The maximum atomic E-state index is 13.5. The van der Waals surface area contributed by atoms with Crippen molar-refractivity contribution in [2.24, 2.45) is 13.0 Å². The van der Waals surface area contributed by atoms with Crippen LogP contribution in [0.4, 0.5) is 5.82 Å². The van der Waals surface area contributed by atoms with E-state index in [-0.39, 0.29) is 5.91 Å². The molecular formula is C25H27N5O3. The van der Waals surface area contributed by atoms with Crippen LogP contribution in [0.5, 0.6) is 5.75 Å². The van der Waals surface area contributed by atoms with Gasteiger partial charge in [0.05, 0.1) is 29.5 Å². The van der Waals surface area contributed by atoms with Crippen LogP contribution in [0.25, 0.3) is 22.5 Å². The van der Waals surface area contributed by atoms with E-state index in [1.54, 1.807) is 29.3 Å². The Bertz CT molecular complexity index is 1270. The molecule has 4 heterocycles. The van der Waals surface area contributed by atoms with Gasteiger partial charge in [0.1, 0.15) is 5.69 Å². The number of nitrogens with zero attached hydrogens (tertiary/aromatic N) is 4. The molecule has 5 rings (SSSR count). The van der Waals surface area contributed by atoms with Gasteiger partial charge in [0.15, 0.2) is 23.0 Å². The topological polar surface area (TPSA) is 95.1 Å². The van der Waals surface area contributed by atoms with Crippen molar-refractivity contribution in [3.63, 3.8) is 0 Å². The van der Waals surface area contributed by atoms with Crippen LogP contribution >= 0.6 is 0 Å². The van der Waals surface area contributed by atoms with Crippen LogP contribution in [0.1, 0.15) is 48.2 Å². The second-order valence-electron chi connectivity index (χ2n) is 8.56. The molecule has 0 aliphatic heterocycles. The summed E-state index contributed by atoms with van der Waals surface area (Å²) in [5, 5.41) is 8.11. The molecule has 1 aliphatic rings. The lowest BCUT2D eigenvalue weighted by atomic mass is 9.90. The fraction of sp³-hybridized carbons (Fsp3) is 0.360. The summed E-state index contributed by atoms with van der Waals surface area (Å²) >= 11 is 0. The molecule has 4 aromatic rings. The van der Waals surface area contributed by atoms with Gasteiger partial charge in [-0.25, -0.2) is 9.97 Å². The molecule has 33 heavy (non-hydrogen) atoms. The zero-order valence-corrected chi connectivity index (χ0v) is 18.9. The molecule has 0 bridgehead atoms. The fourth-order valence-electron chi connectivity index (χ4n) is 4.51. The van der Waals surface area contributed by atoms with Gasteiger partial charge in [-0.2, -0.15) is 5.10 Å². The summed E-state index contributed by atoms with van der Waals surface area (Å²) in [5.41, 5.74) is 2.36. The zero-order chi connectivity index (χ0) is 22.8. The van der Waals surface area contributed by atoms with E-state index in [2.05, 4.69) is 20.4 Å². The zero-order valence-electron chi connectivity index (χ0n) is 18.9. The van der Waals surface area contributed by atoms with Crippen LogP contribution in [0.3, 0.4) is 0 Å². The molecule has 0 unspecified atom stereocenters. The van der Waals surface area contributed by atoms with Gasteiger partial charge < -0.3 is 14.5 Å². The SMILES string of the molecule is Cc1nn(C)c2nc(-c3ccco3)cc(C(=O)Nc3ncccc3OCC3CCCCC3)c12. The number of amides is 1. The maximum absolute atomic E-state index is 13.5. The van der Waals surface area contributed by atoms with E-state index in [0.29, 0.717) is 52.1 Å². The lowest BCUT2D eigenvalue weighted by molar-refractivity contribution is 0.102. The van der Waals surface area contributed by atoms with E-state index >= 15 is 0 Å². The number of anilines is 1. The van der Waals surface area contributed by atoms with Crippen molar-refractivity contribution in [1.82, 2.24) is 19.7 Å². The second kappa shape index (κ2) is 9.05. The predicted octanol–water partition coefficient (Wildman–Crippen LogP) is 5.14. The maximum Gasteiger partial charge on any atom is 0.257 e. The number of carbonyl (C=O) groups is 1. The van der Waals surface area contributed by atoms with Crippen LogP contribution in [-0.2, 0) is 7.05 Å². The number of nitrogens with one attached hydrogen (secondary N) is 1. The van der Waals surface area contributed by atoms with Crippen LogP contribution in [0.15, 0.2) is 47.2 Å². The van der Waals surface area contributed by atoms with Gasteiger partial charge in [-0.15, -0.1) is 0 Å². The monoisotopic (exact) mass is 445 g/mol. The van der Waals surface area contributed by atoms with Gasteiger partial charge in [-0.05, 0) is 56.0 Å². The first-order chi connectivity index (χ1) is 16.1. The van der Waals surface area contributed by atoms with E-state index in [0.717, 1.165) is 5.69 Å². The van der Waals surface area contributed by atoms with Gasteiger partial charge in [0, 0.05) is 13.2 Å². The minimum atomic E-state index is -0.299. The highest BCUT2D eigenvalue weighted by Gasteiger charge is 2.22. The second-order valence-corrected chi connectivity index (χ2v) is 8.56. The number of pyridine rings is 2. The fourth-order valence-corrected chi connectivity index (χ4v) is 4.51. The van der Waals surface area contributed by atoms with E-state index in [1.165, 1.54) is 32.1 Å². The van der Waals surface area contributed by atoms with Crippen LogP contribution < -0.4 is 10.1 Å². The predicted molar refractivity (Wildman–Crippen MR) is 125 cm³/mol. The Kier molecular flexibility index (Phi) is 5.81. The van der Waals surface area contributed by atoms with Gasteiger partial charge in [0.2, 0.25) is 0 Å². The molecule has 170 valence electrons. The number of aromatic nitrogens is 4. The number of rotatable bonds is 6. The Hall–Kier alpha value is -3.68. The van der Waals surface area contributed by atoms with E-state index in [9.17, 15) is 4.79 Å². The molecule has 8 heteroatoms. The molecule has 0 radical (unpaired) electrons. The quantitative estimate of drug-likeness (QED) is 0.441. The minimum absolute atomic E-state index is 0.299. The summed E-state index contributed by atoms with van der Waals surface area (Å²) in [7, 11) is 1.81. The van der Waals surface area contributed by atoms with E-state index < -0.39 is 0 Å². The van der Waals surface area contributed by atoms with Crippen molar-refractivity contribution >= 4 is 22.8 Å². The van der Waals surface area contributed by atoms with Crippen molar-refractivity contribution in [2.45, 2.75) is 39.0 Å². The van der Waals surface area contributed by atoms with Gasteiger partial charge in [-0.1, -0.05) is 19.3 Å². The van der Waals surface area contributed by atoms with Crippen molar-refractivity contribution in [1.29, 1.82) is 0 Å². The molecule has 0 saturated heterocycles. The van der Waals surface area contributed by atoms with Gasteiger partial charge in [-0.3, -0.25) is 9.48 Å². The normalized spacial score (nSPS) is 14.5. The molecule has 1 saturated carbocycles. The molecule has 0 spiro atoms. The molecule has 0 atom stereocenters. The number of furan rings is 1. The average molecular weight is 446 g/mol. The Balaban J connectivity index is 1.45. The summed E-state index contributed by atoms with van der Waals surface area (Å²) < 4.78 is 13.3. The number of hydrogen-bond acceptors (Lipinski definition) is 6. The van der Waals surface area contributed by atoms with Crippen LogP contribution in [0, 0.1) is 12.8 Å². The van der Waals surface area contributed by atoms with Crippen molar-refractivity contribution in [3.05, 3.63) is 54.0 Å². The van der Waals surface area contributed by atoms with Gasteiger partial charge in [0.25, 0.3) is 5.91 Å². The van der Waals surface area contributed by atoms with Crippen molar-refractivity contribution < 1.29 is 13.9 Å². The number of hydrogen-bond donors (Lipinski definition) is 1. The molecule has 1 amide bonds. The summed E-state index contributed by atoms with van der Waals surface area (Å²) in [6.45, 7) is 2.51. The number of ether oxygens (including phenoxy) is 1. The molecule has 1 N–H and O–H groups in total. The number of fused-ring (bicyclic) bond motifs is 1. The molecule has 4 aromatic heterocycles. The molecule has 1 aliphatic carbocycles. The Morgan fingerprint density at radius 3 is 2.88 bits per heavy atom. The molecule has 1 fully saturated rings. The smallest absolute Gasteiger partial charge is 0.257 e. The third-order valence-corrected chi connectivity index (χ3v) is 6.19. The first kappa shape index (κ1) is 21.2. The Labute approximate surface area is 192 Å². The highest BCUT2D eigenvalue weighted by atomic mass is 16.5. The highest BCUT2D eigenvalue weighted by molar-refractivity contribution is 6.13. The van der Waals surface area contributed by atoms with Crippen molar-refractivity contribution in [3.8, 4) is 17.2 Å². The number of carbonyl (C=O) groups excluding carboxylic acids is 1. The molecular weight excluding hydrogens is 418 g/mol. The third kappa shape index (κ3) is 4.33. The first-order valence-electron chi connectivity index (χ1n) is 11.4. The highest BCUT2D eigenvalue weighted by Crippen LogP contribution is 2.30. The summed E-state index contributed by atoms with van der Waals surface area (Å²) in [6, 6.07) is 9.00. The Morgan fingerprint density at radius 1 is 1.24 bits per heavy atom. The van der Waals surface area contributed by atoms with Crippen LogP contribution in [0.2, 0.25) is 0 Å². The molecule has 0 aromatic carbocycles. The standard InChI is InChI=1S/C25H27N5O3/c1-16-22-18(14-19(20-11-7-13-32-20)27-24(22)30(2)29-16)25(31)28-23-21(10-6-12-26-23)33-15-17-8-4-3-5-9-17/h6-7,10-14,17H,3-5,8-9,15H2,1-2H3,(H,26,28,31). The minimum Gasteiger partial charge on any atom is -0.489 e. The van der Waals surface area contributed by atoms with Crippen molar-refractivity contribution in [2.75, 3.05) is 11.9 Å². The molecule has 8 nitrogen and oxygen atoms in total. The summed E-state index contributed by atoms with van der Waals surface area (Å²) in [6.07, 6.45) is 9.42. The number of aryl methyl sites for hydroxylation is 2. The third-order valence-electron chi connectivity index (χ3n) is 6.19.